The minimum absolute atomic E-state index is 0.0726. The van der Waals surface area contributed by atoms with Gasteiger partial charge < -0.3 is 9.47 Å². The Balaban J connectivity index is 1.61. The summed E-state index contributed by atoms with van der Waals surface area (Å²) in [5, 5.41) is 0.186. The first-order valence-electron chi connectivity index (χ1n) is 12.8. The molecular weight excluding hydrogens is 551 g/mol. The standard InChI is InChI=1S/C31H26ClFN2O4S/c1-3-16-38-22-14-12-21(13-15-22)28-27(30(37)39-18-20-8-5-4-6-9-20)19(2)34-31-35(28)29(36)26(40-31)17-23-24(32)10-7-11-25(23)33/h4-15,17,28H,3,16,18H2,1-2H3. The number of allylic oxidation sites excluding steroid dienone is 1. The van der Waals surface area contributed by atoms with Gasteiger partial charge in [0.25, 0.3) is 5.56 Å². The van der Waals surface area contributed by atoms with Gasteiger partial charge in [0.05, 0.1) is 33.5 Å². The van der Waals surface area contributed by atoms with Gasteiger partial charge in [-0.3, -0.25) is 9.36 Å². The maximum Gasteiger partial charge on any atom is 0.338 e. The molecule has 0 spiro atoms. The molecule has 0 amide bonds. The number of aromatic nitrogens is 1. The molecule has 2 heterocycles. The molecule has 1 aromatic heterocycles. The number of carbonyl (C=O) groups is 1. The van der Waals surface area contributed by atoms with E-state index in [1.54, 1.807) is 13.0 Å². The molecule has 0 radical (unpaired) electrons. The van der Waals surface area contributed by atoms with Crippen LogP contribution >= 0.6 is 22.9 Å². The van der Waals surface area contributed by atoms with Gasteiger partial charge in [0.2, 0.25) is 0 Å². The summed E-state index contributed by atoms with van der Waals surface area (Å²) in [4.78, 5) is 32.3. The first kappa shape index (κ1) is 27.6. The fourth-order valence-electron chi connectivity index (χ4n) is 4.44. The third kappa shape index (κ3) is 5.64. The average molecular weight is 577 g/mol. The number of ether oxygens (including phenoxy) is 2. The number of benzene rings is 3. The van der Waals surface area contributed by atoms with E-state index < -0.39 is 23.4 Å². The second-order valence-electron chi connectivity index (χ2n) is 9.20. The van der Waals surface area contributed by atoms with E-state index in [4.69, 9.17) is 21.1 Å². The summed E-state index contributed by atoms with van der Waals surface area (Å²) in [7, 11) is 0. The normalized spacial score (nSPS) is 15.0. The predicted molar refractivity (Wildman–Crippen MR) is 154 cm³/mol. The molecule has 9 heteroatoms. The minimum atomic E-state index is -0.807. The van der Waals surface area contributed by atoms with Gasteiger partial charge in [-0.2, -0.15) is 0 Å². The Hall–Kier alpha value is -4.01. The van der Waals surface area contributed by atoms with Crippen molar-refractivity contribution in [2.75, 3.05) is 6.61 Å². The molecule has 1 atom stereocenters. The minimum Gasteiger partial charge on any atom is -0.494 e. The molecule has 0 N–H and O–H groups in total. The van der Waals surface area contributed by atoms with Crippen molar-refractivity contribution < 1.29 is 18.7 Å². The Morgan fingerprint density at radius 2 is 1.85 bits per heavy atom. The molecule has 0 bridgehead atoms. The van der Waals surface area contributed by atoms with E-state index >= 15 is 0 Å². The topological polar surface area (TPSA) is 69.9 Å². The zero-order chi connectivity index (χ0) is 28.2. The number of thiazole rings is 1. The van der Waals surface area contributed by atoms with Crippen molar-refractivity contribution >= 4 is 35.0 Å². The number of esters is 1. The first-order valence-corrected chi connectivity index (χ1v) is 14.0. The number of nitrogens with zero attached hydrogens (tertiary/aromatic N) is 2. The van der Waals surface area contributed by atoms with Gasteiger partial charge in [-0.25, -0.2) is 14.2 Å². The molecule has 1 aliphatic rings. The predicted octanol–water partition coefficient (Wildman–Crippen LogP) is 5.56. The van der Waals surface area contributed by atoms with Gasteiger partial charge in [0.15, 0.2) is 4.80 Å². The van der Waals surface area contributed by atoms with Crippen molar-refractivity contribution in [3.05, 3.63) is 131 Å². The second kappa shape index (κ2) is 12.0. The molecule has 1 aliphatic heterocycles. The Morgan fingerprint density at radius 3 is 2.55 bits per heavy atom. The molecule has 0 aliphatic carbocycles. The van der Waals surface area contributed by atoms with Crippen molar-refractivity contribution in [2.24, 2.45) is 4.99 Å². The van der Waals surface area contributed by atoms with Gasteiger partial charge in [-0.15, -0.1) is 0 Å². The molecule has 4 aromatic rings. The van der Waals surface area contributed by atoms with Crippen LogP contribution in [0.5, 0.6) is 5.75 Å². The highest BCUT2D eigenvalue weighted by Crippen LogP contribution is 2.32. The van der Waals surface area contributed by atoms with E-state index in [0.29, 0.717) is 28.4 Å². The summed E-state index contributed by atoms with van der Waals surface area (Å²) in [6, 6.07) is 20.1. The van der Waals surface area contributed by atoms with Gasteiger partial charge in [-0.05, 0) is 54.8 Å². The highest BCUT2D eigenvalue weighted by Gasteiger charge is 2.33. The molecule has 204 valence electrons. The maximum atomic E-state index is 14.5. The van der Waals surface area contributed by atoms with E-state index in [9.17, 15) is 14.0 Å². The summed E-state index contributed by atoms with van der Waals surface area (Å²) in [6.07, 6.45) is 2.29. The second-order valence-corrected chi connectivity index (χ2v) is 10.6. The summed E-state index contributed by atoms with van der Waals surface area (Å²) in [5.41, 5.74) is 1.90. The van der Waals surface area contributed by atoms with Crippen LogP contribution in [0.15, 0.2) is 93.9 Å². The lowest BCUT2D eigenvalue weighted by Crippen LogP contribution is -2.39. The molecule has 40 heavy (non-hydrogen) atoms. The summed E-state index contributed by atoms with van der Waals surface area (Å²) in [6.45, 7) is 4.39. The lowest BCUT2D eigenvalue weighted by Gasteiger charge is -2.25. The fraction of sp³-hybridized carbons (Fsp3) is 0.194. The molecule has 3 aromatic carbocycles. The number of fused-ring (bicyclic) bond motifs is 1. The number of halogens is 2. The Labute approximate surface area is 239 Å². The van der Waals surface area contributed by atoms with Crippen LogP contribution in [0.1, 0.15) is 43.0 Å². The highest BCUT2D eigenvalue weighted by atomic mass is 35.5. The molecule has 0 saturated carbocycles. The van der Waals surface area contributed by atoms with E-state index in [0.717, 1.165) is 23.3 Å². The van der Waals surface area contributed by atoms with Crippen LogP contribution in [0.2, 0.25) is 5.02 Å². The lowest BCUT2D eigenvalue weighted by atomic mass is 9.96. The fourth-order valence-corrected chi connectivity index (χ4v) is 5.69. The largest absolute Gasteiger partial charge is 0.494 e. The van der Waals surface area contributed by atoms with E-state index in [2.05, 4.69) is 4.99 Å². The smallest absolute Gasteiger partial charge is 0.338 e. The van der Waals surface area contributed by atoms with Gasteiger partial charge in [0.1, 0.15) is 18.2 Å². The Kier molecular flexibility index (Phi) is 8.28. The van der Waals surface area contributed by atoms with Crippen LogP contribution in [-0.2, 0) is 16.1 Å². The average Bonchev–Trinajstić information content (AvgIpc) is 3.26. The van der Waals surface area contributed by atoms with Gasteiger partial charge in [-0.1, -0.05) is 78.4 Å². The van der Waals surface area contributed by atoms with E-state index in [1.807, 2.05) is 61.5 Å². The van der Waals surface area contributed by atoms with Gasteiger partial charge >= 0.3 is 5.97 Å². The van der Waals surface area contributed by atoms with Crippen LogP contribution in [0, 0.1) is 5.82 Å². The van der Waals surface area contributed by atoms with Crippen molar-refractivity contribution in [3.8, 4) is 5.75 Å². The maximum absolute atomic E-state index is 14.5. The molecular formula is C31H26ClFN2O4S. The molecule has 1 unspecified atom stereocenters. The SMILES string of the molecule is CCCOc1ccc(C2C(C(=O)OCc3ccccc3)=C(C)N=c3sc(=Cc4c(F)cccc4Cl)c(=O)n32)cc1. The van der Waals surface area contributed by atoms with E-state index in [1.165, 1.54) is 22.8 Å². The van der Waals surface area contributed by atoms with Crippen LogP contribution in [0.4, 0.5) is 4.39 Å². The van der Waals surface area contributed by atoms with Crippen LogP contribution in [0.3, 0.4) is 0 Å². The van der Waals surface area contributed by atoms with E-state index in [-0.39, 0.29) is 27.3 Å². The summed E-state index contributed by atoms with van der Waals surface area (Å²) in [5.74, 6) is -0.437. The van der Waals surface area contributed by atoms with Crippen molar-refractivity contribution in [3.63, 3.8) is 0 Å². The first-order chi connectivity index (χ1) is 19.4. The van der Waals surface area contributed by atoms with Gasteiger partial charge in [0, 0.05) is 5.56 Å². The van der Waals surface area contributed by atoms with Crippen LogP contribution in [-0.4, -0.2) is 17.1 Å². The number of hydrogen-bond acceptors (Lipinski definition) is 6. The Bertz CT molecular complexity index is 1740. The van der Waals surface area contributed by atoms with Crippen molar-refractivity contribution in [1.29, 1.82) is 0 Å². The van der Waals surface area contributed by atoms with Crippen LogP contribution in [0.25, 0.3) is 6.08 Å². The van der Waals surface area contributed by atoms with Crippen molar-refractivity contribution in [1.82, 2.24) is 4.57 Å². The monoisotopic (exact) mass is 576 g/mol. The molecule has 6 nitrogen and oxygen atoms in total. The number of rotatable bonds is 8. The molecule has 0 saturated heterocycles. The highest BCUT2D eigenvalue weighted by molar-refractivity contribution is 7.07. The number of carbonyl (C=O) groups excluding carboxylic acids is 1. The molecule has 5 rings (SSSR count). The summed E-state index contributed by atoms with van der Waals surface area (Å²) < 4.78 is 27.7. The number of hydrogen-bond donors (Lipinski definition) is 0. The third-order valence-corrected chi connectivity index (χ3v) is 7.71. The summed E-state index contributed by atoms with van der Waals surface area (Å²) >= 11 is 7.33. The third-order valence-electron chi connectivity index (χ3n) is 6.40. The zero-order valence-electron chi connectivity index (χ0n) is 21.9. The van der Waals surface area contributed by atoms with Crippen LogP contribution < -0.4 is 19.6 Å². The quantitative estimate of drug-likeness (QED) is 0.258. The zero-order valence-corrected chi connectivity index (χ0v) is 23.5. The Morgan fingerprint density at radius 1 is 1.10 bits per heavy atom. The van der Waals surface area contributed by atoms with Crippen molar-refractivity contribution in [2.45, 2.75) is 32.9 Å². The molecule has 0 fully saturated rings. The lowest BCUT2D eigenvalue weighted by molar-refractivity contribution is -0.140.